The highest BCUT2D eigenvalue weighted by Gasteiger charge is 2.30. The molecule has 7 heteroatoms. The van der Waals surface area contributed by atoms with Gasteiger partial charge in [0.1, 0.15) is 0 Å². The lowest BCUT2D eigenvalue weighted by Gasteiger charge is -2.33. The summed E-state index contributed by atoms with van der Waals surface area (Å²) < 4.78 is 38.2. The molecule has 2 heterocycles. The van der Waals surface area contributed by atoms with Crippen LogP contribution in [0.4, 0.5) is 19.0 Å². The molecule has 0 aliphatic carbocycles. The summed E-state index contributed by atoms with van der Waals surface area (Å²) in [6.45, 7) is 8.65. The molecule has 1 unspecified atom stereocenters. The first kappa shape index (κ1) is 17.7. The molecule has 2 aromatic rings. The smallest absolute Gasteiger partial charge is 0.352 e. The van der Waals surface area contributed by atoms with Gasteiger partial charge in [0.05, 0.1) is 11.3 Å². The van der Waals surface area contributed by atoms with Gasteiger partial charge in [-0.15, -0.1) is 10.2 Å². The molecular formula is C18H21F3N4. The summed E-state index contributed by atoms with van der Waals surface area (Å²) in [5.41, 5.74) is 2.56. The molecule has 0 radical (unpaired) electrons. The predicted octanol–water partition coefficient (Wildman–Crippen LogP) is 3.58. The number of benzene rings is 1. The predicted molar refractivity (Wildman–Crippen MR) is 91.6 cm³/mol. The zero-order chi connectivity index (χ0) is 18.2. The topological polar surface area (TPSA) is 41.1 Å². The van der Waals surface area contributed by atoms with Crippen LogP contribution in [0.25, 0.3) is 11.3 Å². The lowest BCUT2D eigenvalue weighted by Crippen LogP contribution is -2.49. The first-order chi connectivity index (χ1) is 11.8. The largest absolute Gasteiger partial charge is 0.416 e. The molecule has 0 bridgehead atoms. The van der Waals surface area contributed by atoms with Gasteiger partial charge in [0.15, 0.2) is 5.82 Å². The van der Waals surface area contributed by atoms with Gasteiger partial charge in [-0.1, -0.05) is 12.1 Å². The van der Waals surface area contributed by atoms with Gasteiger partial charge < -0.3 is 10.2 Å². The molecule has 1 aliphatic heterocycles. The van der Waals surface area contributed by atoms with Crippen molar-refractivity contribution in [3.8, 4) is 11.3 Å². The van der Waals surface area contributed by atoms with Crippen molar-refractivity contribution < 1.29 is 13.2 Å². The summed E-state index contributed by atoms with van der Waals surface area (Å²) in [7, 11) is 0. The number of piperazine rings is 1. The maximum atomic E-state index is 12.7. The highest BCUT2D eigenvalue weighted by Crippen LogP contribution is 2.32. The second-order valence-corrected chi connectivity index (χ2v) is 6.50. The van der Waals surface area contributed by atoms with E-state index in [-0.39, 0.29) is 0 Å². The van der Waals surface area contributed by atoms with E-state index in [1.54, 1.807) is 0 Å². The zero-order valence-corrected chi connectivity index (χ0v) is 14.5. The Bertz CT molecular complexity index is 756. The van der Waals surface area contributed by atoms with Gasteiger partial charge >= 0.3 is 6.18 Å². The number of halogens is 3. The van der Waals surface area contributed by atoms with E-state index >= 15 is 0 Å². The summed E-state index contributed by atoms with van der Waals surface area (Å²) in [6.07, 6.45) is -4.34. The minimum absolute atomic E-state index is 0.379. The quantitative estimate of drug-likeness (QED) is 0.899. The third kappa shape index (κ3) is 3.61. The van der Waals surface area contributed by atoms with Gasteiger partial charge in [-0.25, -0.2) is 0 Å². The monoisotopic (exact) mass is 350 g/mol. The van der Waals surface area contributed by atoms with Crippen molar-refractivity contribution in [1.29, 1.82) is 0 Å². The second kappa shape index (κ2) is 6.63. The molecule has 1 aliphatic rings. The Kier molecular flexibility index (Phi) is 4.69. The molecule has 0 amide bonds. The van der Waals surface area contributed by atoms with Crippen molar-refractivity contribution in [3.63, 3.8) is 0 Å². The Morgan fingerprint density at radius 2 is 1.76 bits per heavy atom. The van der Waals surface area contributed by atoms with Crippen LogP contribution in [0, 0.1) is 13.8 Å². The molecule has 1 saturated heterocycles. The van der Waals surface area contributed by atoms with Crippen LogP contribution in [0.1, 0.15) is 23.6 Å². The number of hydrogen-bond acceptors (Lipinski definition) is 4. The fourth-order valence-electron chi connectivity index (χ4n) is 3.11. The van der Waals surface area contributed by atoms with Crippen LogP contribution < -0.4 is 10.2 Å². The molecule has 1 aromatic heterocycles. The third-order valence-electron chi connectivity index (χ3n) is 4.65. The lowest BCUT2D eigenvalue weighted by atomic mass is 10.0. The molecule has 3 rings (SSSR count). The summed E-state index contributed by atoms with van der Waals surface area (Å²) in [5.74, 6) is 0.849. The number of alkyl halides is 3. The maximum Gasteiger partial charge on any atom is 0.416 e. The molecule has 1 atom stereocenters. The molecule has 1 aromatic carbocycles. The van der Waals surface area contributed by atoms with Gasteiger partial charge in [0.25, 0.3) is 0 Å². The standard InChI is InChI=1S/C18H21F3N4/c1-11-10-25(9-8-22-11)17-13(3)12(2)16(23-24-17)14-4-6-15(7-5-14)18(19,20)21/h4-7,11,22H,8-10H2,1-3H3. The average molecular weight is 350 g/mol. The van der Waals surface area contributed by atoms with E-state index in [9.17, 15) is 13.2 Å². The number of nitrogens with one attached hydrogen (secondary N) is 1. The Morgan fingerprint density at radius 3 is 2.36 bits per heavy atom. The molecule has 4 nitrogen and oxygen atoms in total. The van der Waals surface area contributed by atoms with Crippen molar-refractivity contribution in [2.75, 3.05) is 24.5 Å². The van der Waals surface area contributed by atoms with E-state index in [4.69, 9.17) is 0 Å². The first-order valence-corrected chi connectivity index (χ1v) is 8.27. The fraction of sp³-hybridized carbons (Fsp3) is 0.444. The molecule has 0 spiro atoms. The van der Waals surface area contributed by atoms with E-state index < -0.39 is 11.7 Å². The summed E-state index contributed by atoms with van der Waals surface area (Å²) in [4.78, 5) is 2.20. The summed E-state index contributed by atoms with van der Waals surface area (Å²) in [6, 6.07) is 5.44. The van der Waals surface area contributed by atoms with E-state index in [2.05, 4.69) is 27.3 Å². The van der Waals surface area contributed by atoms with Crippen LogP contribution in [0.2, 0.25) is 0 Å². The molecule has 25 heavy (non-hydrogen) atoms. The maximum absolute atomic E-state index is 12.7. The Labute approximate surface area is 145 Å². The Balaban J connectivity index is 1.92. The number of hydrogen-bond donors (Lipinski definition) is 1. The SMILES string of the molecule is Cc1c(-c2ccc(C(F)(F)F)cc2)nnc(N2CCNC(C)C2)c1C. The van der Waals surface area contributed by atoms with Crippen LogP contribution in [-0.4, -0.2) is 35.9 Å². The van der Waals surface area contributed by atoms with Crippen molar-refractivity contribution in [3.05, 3.63) is 41.0 Å². The van der Waals surface area contributed by atoms with Crippen molar-refractivity contribution in [2.45, 2.75) is 33.0 Å². The Hall–Kier alpha value is -2.15. The second-order valence-electron chi connectivity index (χ2n) is 6.50. The summed E-state index contributed by atoms with van der Waals surface area (Å²) >= 11 is 0. The minimum atomic E-state index is -4.34. The first-order valence-electron chi connectivity index (χ1n) is 8.27. The van der Waals surface area contributed by atoms with E-state index in [1.165, 1.54) is 12.1 Å². The van der Waals surface area contributed by atoms with Gasteiger partial charge in [0.2, 0.25) is 0 Å². The van der Waals surface area contributed by atoms with Gasteiger partial charge in [0, 0.05) is 31.2 Å². The van der Waals surface area contributed by atoms with Crippen molar-refractivity contribution in [2.24, 2.45) is 0 Å². The lowest BCUT2D eigenvalue weighted by molar-refractivity contribution is -0.137. The van der Waals surface area contributed by atoms with E-state index in [0.717, 1.165) is 48.7 Å². The third-order valence-corrected chi connectivity index (χ3v) is 4.65. The molecule has 0 saturated carbocycles. The Morgan fingerprint density at radius 1 is 1.08 bits per heavy atom. The average Bonchev–Trinajstić information content (AvgIpc) is 2.56. The van der Waals surface area contributed by atoms with Crippen molar-refractivity contribution >= 4 is 5.82 Å². The van der Waals surface area contributed by atoms with Crippen LogP contribution in [-0.2, 0) is 6.18 Å². The normalized spacial score (nSPS) is 18.5. The summed E-state index contributed by atoms with van der Waals surface area (Å²) in [5, 5.41) is 12.1. The number of anilines is 1. The highest BCUT2D eigenvalue weighted by atomic mass is 19.4. The minimum Gasteiger partial charge on any atom is -0.352 e. The van der Waals surface area contributed by atoms with Gasteiger partial charge in [-0.05, 0) is 44.0 Å². The van der Waals surface area contributed by atoms with Crippen molar-refractivity contribution in [1.82, 2.24) is 15.5 Å². The highest BCUT2D eigenvalue weighted by molar-refractivity contribution is 5.67. The van der Waals surface area contributed by atoms with Crippen LogP contribution in [0.3, 0.4) is 0 Å². The number of nitrogens with zero attached hydrogens (tertiary/aromatic N) is 3. The molecular weight excluding hydrogens is 329 g/mol. The molecule has 1 fully saturated rings. The van der Waals surface area contributed by atoms with Crippen LogP contribution in [0.5, 0.6) is 0 Å². The van der Waals surface area contributed by atoms with E-state index in [0.29, 0.717) is 17.3 Å². The van der Waals surface area contributed by atoms with Gasteiger partial charge in [-0.3, -0.25) is 0 Å². The van der Waals surface area contributed by atoms with Gasteiger partial charge in [-0.2, -0.15) is 13.2 Å². The number of rotatable bonds is 2. The van der Waals surface area contributed by atoms with E-state index in [1.807, 2.05) is 13.8 Å². The van der Waals surface area contributed by atoms with Crippen LogP contribution in [0.15, 0.2) is 24.3 Å². The fourth-order valence-corrected chi connectivity index (χ4v) is 3.11. The zero-order valence-electron chi connectivity index (χ0n) is 14.5. The van der Waals surface area contributed by atoms with Crippen LogP contribution >= 0.6 is 0 Å². The number of aromatic nitrogens is 2. The molecule has 1 N–H and O–H groups in total. The molecule has 134 valence electrons.